The van der Waals surface area contributed by atoms with E-state index in [0.29, 0.717) is 38.6 Å². The summed E-state index contributed by atoms with van der Waals surface area (Å²) in [5.41, 5.74) is 4.25. The van der Waals surface area contributed by atoms with Gasteiger partial charge in [0.05, 0.1) is 39.7 Å². The lowest BCUT2D eigenvalue weighted by Crippen LogP contribution is -2.15. The molecule has 0 aliphatic rings. The van der Waals surface area contributed by atoms with Crippen LogP contribution in [0.3, 0.4) is 0 Å². The molecular formula is C30H27Cl2FN8. The Balaban J connectivity index is 1.55. The second-order valence-electron chi connectivity index (χ2n) is 9.81. The number of fused-ring (bicyclic) bond motifs is 1. The number of hydrogen-bond acceptors (Lipinski definition) is 7. The molecule has 3 aromatic carbocycles. The highest BCUT2D eigenvalue weighted by Crippen LogP contribution is 2.37. The van der Waals surface area contributed by atoms with Crippen LogP contribution in [0.15, 0.2) is 73.1 Å². The molecule has 11 heteroatoms. The van der Waals surface area contributed by atoms with Crippen molar-refractivity contribution >= 4 is 51.2 Å². The summed E-state index contributed by atoms with van der Waals surface area (Å²) in [5, 5.41) is 26.5. The highest BCUT2D eigenvalue weighted by atomic mass is 35.5. The number of nitriles is 1. The van der Waals surface area contributed by atoms with Gasteiger partial charge in [0.1, 0.15) is 17.6 Å². The van der Waals surface area contributed by atoms with Gasteiger partial charge in [0.2, 0.25) is 0 Å². The van der Waals surface area contributed by atoms with Crippen LogP contribution in [0.4, 0.5) is 21.5 Å². The van der Waals surface area contributed by atoms with E-state index in [1.807, 2.05) is 55.3 Å². The van der Waals surface area contributed by atoms with Gasteiger partial charge in [-0.25, -0.2) is 4.39 Å². The topological polar surface area (TPSA) is 94.7 Å². The standard InChI is InChI=1S/C30H27Cl2FN8/c1-40(2)11-6-12-41-18-27(38-39-41)29(19-7-4-3-5-8-19)37-26-14-21(31)13-23-28(20(16-34)17-35-30(23)26)36-22-9-10-25(33)24(32)15-22/h3-5,7-10,13-15,17-18,29,37H,6,11-12H2,1-2H3,(H,35,36)/t29-/m0/s1. The largest absolute Gasteiger partial charge is 0.371 e. The van der Waals surface area contributed by atoms with Gasteiger partial charge in [-0.2, -0.15) is 5.26 Å². The molecule has 0 fully saturated rings. The minimum absolute atomic E-state index is 0.0345. The number of hydrogen-bond donors (Lipinski definition) is 2. The molecule has 0 bridgehead atoms. The number of nitrogens with zero attached hydrogens (tertiary/aromatic N) is 6. The maximum absolute atomic E-state index is 13.8. The first-order valence-electron chi connectivity index (χ1n) is 12.9. The van der Waals surface area contributed by atoms with Crippen molar-refractivity contribution in [2.75, 3.05) is 31.3 Å². The molecule has 0 unspecified atom stereocenters. The highest BCUT2D eigenvalue weighted by Gasteiger charge is 2.21. The third-order valence-electron chi connectivity index (χ3n) is 6.52. The van der Waals surface area contributed by atoms with E-state index in [0.717, 1.165) is 30.8 Å². The zero-order valence-electron chi connectivity index (χ0n) is 22.4. The van der Waals surface area contributed by atoms with Gasteiger partial charge < -0.3 is 15.5 Å². The van der Waals surface area contributed by atoms with Crippen LogP contribution >= 0.6 is 23.2 Å². The van der Waals surface area contributed by atoms with Gasteiger partial charge in [0.25, 0.3) is 0 Å². The van der Waals surface area contributed by atoms with Gasteiger partial charge in [0, 0.05) is 28.8 Å². The molecule has 41 heavy (non-hydrogen) atoms. The van der Waals surface area contributed by atoms with Crippen LogP contribution in [0.2, 0.25) is 10.0 Å². The smallest absolute Gasteiger partial charge is 0.141 e. The molecule has 5 rings (SSSR count). The lowest BCUT2D eigenvalue weighted by Gasteiger charge is -2.21. The molecule has 8 nitrogen and oxygen atoms in total. The van der Waals surface area contributed by atoms with Gasteiger partial charge in [-0.05, 0) is 63.0 Å². The lowest BCUT2D eigenvalue weighted by molar-refractivity contribution is 0.379. The molecule has 2 heterocycles. The van der Waals surface area contributed by atoms with Crippen molar-refractivity contribution in [3.8, 4) is 6.07 Å². The maximum atomic E-state index is 13.8. The molecule has 2 N–H and O–H groups in total. The number of benzene rings is 3. The van der Waals surface area contributed by atoms with Crippen molar-refractivity contribution in [2.24, 2.45) is 0 Å². The number of anilines is 3. The summed E-state index contributed by atoms with van der Waals surface area (Å²) in [6.07, 6.45) is 4.38. The Kier molecular flexibility index (Phi) is 8.64. The SMILES string of the molecule is CN(C)CCCn1cc([C@@H](Nc2cc(Cl)cc3c(Nc4ccc(F)c(Cl)c4)c(C#N)cnc23)c2ccccc2)nn1. The first-order valence-corrected chi connectivity index (χ1v) is 13.7. The van der Waals surface area contributed by atoms with Crippen molar-refractivity contribution in [1.29, 1.82) is 5.26 Å². The summed E-state index contributed by atoms with van der Waals surface area (Å²) >= 11 is 12.6. The lowest BCUT2D eigenvalue weighted by atomic mass is 10.0. The van der Waals surface area contributed by atoms with E-state index in [1.54, 1.807) is 18.2 Å². The fourth-order valence-electron chi connectivity index (χ4n) is 4.55. The van der Waals surface area contributed by atoms with E-state index in [4.69, 9.17) is 23.2 Å². The minimum Gasteiger partial charge on any atom is -0.371 e. The molecule has 0 saturated heterocycles. The van der Waals surface area contributed by atoms with E-state index < -0.39 is 5.82 Å². The molecule has 0 radical (unpaired) electrons. The quantitative estimate of drug-likeness (QED) is 0.180. The van der Waals surface area contributed by atoms with Crippen LogP contribution in [0.25, 0.3) is 10.9 Å². The van der Waals surface area contributed by atoms with Crippen molar-refractivity contribution in [1.82, 2.24) is 24.9 Å². The molecule has 2 aromatic heterocycles. The summed E-state index contributed by atoms with van der Waals surface area (Å²) in [6.45, 7) is 1.69. The van der Waals surface area contributed by atoms with E-state index in [-0.39, 0.29) is 11.1 Å². The average molecular weight is 590 g/mol. The summed E-state index contributed by atoms with van der Waals surface area (Å²) in [6, 6.07) is 19.5. The Labute approximate surface area is 247 Å². The van der Waals surface area contributed by atoms with E-state index in [1.165, 1.54) is 18.3 Å². The van der Waals surface area contributed by atoms with E-state index >= 15 is 0 Å². The molecule has 0 aliphatic heterocycles. The molecule has 5 aromatic rings. The third-order valence-corrected chi connectivity index (χ3v) is 7.03. The van der Waals surface area contributed by atoms with Crippen molar-refractivity contribution in [3.63, 3.8) is 0 Å². The summed E-state index contributed by atoms with van der Waals surface area (Å²) in [5.74, 6) is -0.534. The number of aromatic nitrogens is 4. The molecule has 208 valence electrons. The normalized spacial score (nSPS) is 11.9. The monoisotopic (exact) mass is 588 g/mol. The Hall–Kier alpha value is -4.23. The summed E-state index contributed by atoms with van der Waals surface area (Å²) in [7, 11) is 4.08. The van der Waals surface area contributed by atoms with Gasteiger partial charge >= 0.3 is 0 Å². The van der Waals surface area contributed by atoms with Gasteiger partial charge in [-0.15, -0.1) is 5.10 Å². The van der Waals surface area contributed by atoms with Crippen LogP contribution in [-0.2, 0) is 6.54 Å². The zero-order valence-corrected chi connectivity index (χ0v) is 24.0. The minimum atomic E-state index is -0.534. The molecule has 0 spiro atoms. The molecule has 0 aliphatic carbocycles. The summed E-state index contributed by atoms with van der Waals surface area (Å²) in [4.78, 5) is 6.75. The number of rotatable bonds is 10. The fraction of sp³-hybridized carbons (Fsp3) is 0.200. The summed E-state index contributed by atoms with van der Waals surface area (Å²) < 4.78 is 15.6. The van der Waals surface area contributed by atoms with Gasteiger partial charge in [-0.1, -0.05) is 58.7 Å². The van der Waals surface area contributed by atoms with E-state index in [9.17, 15) is 9.65 Å². The molecular weight excluding hydrogens is 562 g/mol. The average Bonchev–Trinajstić information content (AvgIpc) is 3.42. The molecule has 0 amide bonds. The van der Waals surface area contributed by atoms with Crippen LogP contribution in [0.1, 0.15) is 29.3 Å². The highest BCUT2D eigenvalue weighted by molar-refractivity contribution is 6.32. The molecule has 0 saturated carbocycles. The van der Waals surface area contributed by atoms with Crippen LogP contribution in [0, 0.1) is 17.1 Å². The second kappa shape index (κ2) is 12.5. The number of nitrogens with one attached hydrogen (secondary N) is 2. The predicted molar refractivity (Wildman–Crippen MR) is 161 cm³/mol. The second-order valence-corrected chi connectivity index (χ2v) is 10.7. The molecule has 1 atom stereocenters. The van der Waals surface area contributed by atoms with Crippen LogP contribution < -0.4 is 10.6 Å². The van der Waals surface area contributed by atoms with E-state index in [2.05, 4.69) is 36.9 Å². The maximum Gasteiger partial charge on any atom is 0.141 e. The first kappa shape index (κ1) is 28.3. The zero-order chi connectivity index (χ0) is 28.9. The van der Waals surface area contributed by atoms with Crippen molar-refractivity contribution in [3.05, 3.63) is 106 Å². The van der Waals surface area contributed by atoms with Crippen LogP contribution in [0.5, 0.6) is 0 Å². The van der Waals surface area contributed by atoms with Gasteiger partial charge in [0.15, 0.2) is 0 Å². The third kappa shape index (κ3) is 6.57. The Morgan fingerprint density at radius 1 is 1.10 bits per heavy atom. The van der Waals surface area contributed by atoms with Crippen molar-refractivity contribution in [2.45, 2.75) is 19.0 Å². The van der Waals surface area contributed by atoms with Crippen molar-refractivity contribution < 1.29 is 4.39 Å². The Bertz CT molecular complexity index is 1720. The number of pyridine rings is 1. The number of aryl methyl sites for hydroxylation is 1. The Morgan fingerprint density at radius 2 is 1.90 bits per heavy atom. The van der Waals surface area contributed by atoms with Crippen LogP contribution in [-0.4, -0.2) is 45.5 Å². The first-order chi connectivity index (χ1) is 19.8. The van der Waals surface area contributed by atoms with Gasteiger partial charge in [-0.3, -0.25) is 9.67 Å². The fourth-order valence-corrected chi connectivity index (χ4v) is 4.95. The predicted octanol–water partition coefficient (Wildman–Crippen LogP) is 7.04. The number of halogens is 3. The Morgan fingerprint density at radius 3 is 2.63 bits per heavy atom.